The van der Waals surface area contributed by atoms with E-state index in [0.29, 0.717) is 62.3 Å². The molecule has 2 N–H and O–H groups in total. The molecule has 0 spiro atoms. The van der Waals surface area contributed by atoms with Crippen LogP contribution in [0.3, 0.4) is 0 Å². The molecule has 351 valence electrons. The molecule has 2 heterocycles. The molecule has 0 saturated carbocycles. The third-order valence-corrected chi connectivity index (χ3v) is 10.4. The maximum atomic E-state index is 11.8. The van der Waals surface area contributed by atoms with Crippen molar-refractivity contribution in [2.24, 2.45) is 0 Å². The minimum Gasteiger partial charge on any atom is -0.339 e. The summed E-state index contributed by atoms with van der Waals surface area (Å²) in [4.78, 5) is 83.7. The van der Waals surface area contributed by atoms with Gasteiger partial charge in [-0.2, -0.15) is 0 Å². The van der Waals surface area contributed by atoms with Crippen LogP contribution in [-0.2, 0) is 4.99 Å². The van der Waals surface area contributed by atoms with Crippen LogP contribution in [0.5, 0.6) is 5.75 Å². The largest absolute Gasteiger partial charge is 0.339 e. The van der Waals surface area contributed by atoms with Crippen LogP contribution >= 0.6 is 0 Å². The van der Waals surface area contributed by atoms with Crippen LogP contribution in [-0.4, -0.2) is 56.7 Å². The van der Waals surface area contributed by atoms with E-state index in [1.54, 1.807) is 170 Å². The molecular weight excluding hydrogens is 1020 g/mol. The monoisotopic (exact) mass is 1070 g/mol. The Labute approximate surface area is 445 Å². The smallest absolute Gasteiger partial charge is 0.176 e. The second-order valence-electron chi connectivity index (χ2n) is 15.1. The van der Waals surface area contributed by atoms with Crippen molar-refractivity contribution < 1.29 is 98.5 Å². The van der Waals surface area contributed by atoms with Gasteiger partial charge in [-0.1, -0.05) is 194 Å². The standard InChI is InChI=1S/3C15H12O2.C12H10N2O4.Eu/c3*16-14(12-7-3-1-4-8-12)11-15(17)13-9-5-2-6-10-13;15-17-11-5-6-13-12-8-2-1-7-14(18-16)10(8)4-3-9(11)12;/h3*1-10H,11H2;1-6,15-16H,7H2;. The van der Waals surface area contributed by atoms with Gasteiger partial charge < -0.3 is 4.89 Å². The Morgan fingerprint density at radius 3 is 1.04 bits per heavy atom. The van der Waals surface area contributed by atoms with Crippen molar-refractivity contribution >= 4 is 57.4 Å². The van der Waals surface area contributed by atoms with Gasteiger partial charge in [0.1, 0.15) is 0 Å². The van der Waals surface area contributed by atoms with Crippen LogP contribution in [0.25, 0.3) is 17.0 Å². The number of rotatable bonds is 14. The average Bonchev–Trinajstić information content (AvgIpc) is 3.42. The molecule has 1 aromatic heterocycles. The van der Waals surface area contributed by atoms with Crippen LogP contribution in [0.2, 0.25) is 0 Å². The quantitative estimate of drug-likeness (QED) is 0.0456. The molecule has 12 nitrogen and oxygen atoms in total. The summed E-state index contributed by atoms with van der Waals surface area (Å²) in [6.07, 6.45) is 5.05. The number of ketones is 6. The molecule has 0 aliphatic carbocycles. The van der Waals surface area contributed by atoms with Crippen molar-refractivity contribution in [3.63, 3.8) is 0 Å². The number of fused-ring (bicyclic) bond motifs is 3. The zero-order chi connectivity index (χ0) is 48.8. The minimum absolute atomic E-state index is 0. The van der Waals surface area contributed by atoms with E-state index < -0.39 is 0 Å². The van der Waals surface area contributed by atoms with Crippen molar-refractivity contribution in [2.45, 2.75) is 19.3 Å². The number of Topliss-reactive ketones (excluding diaryl/α,β-unsaturated/α-hetero) is 6. The van der Waals surface area contributed by atoms with Crippen molar-refractivity contribution in [3.05, 3.63) is 251 Å². The van der Waals surface area contributed by atoms with Crippen molar-refractivity contribution in [3.8, 4) is 5.75 Å². The van der Waals surface area contributed by atoms with E-state index in [0.717, 1.165) is 5.56 Å². The van der Waals surface area contributed by atoms with E-state index in [1.165, 1.54) is 5.06 Å². The van der Waals surface area contributed by atoms with Crippen molar-refractivity contribution in [2.75, 3.05) is 11.6 Å². The van der Waals surface area contributed by atoms with Gasteiger partial charge in [0, 0.05) is 106 Å². The molecule has 0 atom stereocenters. The Kier molecular flexibility index (Phi) is 21.7. The fourth-order valence-corrected chi connectivity index (χ4v) is 6.90. The molecule has 13 heteroatoms. The number of carbonyl (C=O) groups excluding carboxylic acids is 6. The van der Waals surface area contributed by atoms with Crippen LogP contribution in [0, 0.1) is 49.4 Å². The summed E-state index contributed by atoms with van der Waals surface area (Å²) in [5, 5.41) is 19.7. The van der Waals surface area contributed by atoms with Gasteiger partial charge in [0.05, 0.1) is 37.0 Å². The number of anilines is 1. The summed E-state index contributed by atoms with van der Waals surface area (Å²) in [6.45, 7) is 0.450. The van der Waals surface area contributed by atoms with Gasteiger partial charge in [0.25, 0.3) is 0 Å². The number of hydrogen-bond donors (Lipinski definition) is 2. The summed E-state index contributed by atoms with van der Waals surface area (Å²) >= 11 is 0. The third-order valence-electron chi connectivity index (χ3n) is 10.4. The molecular formula is C57H46EuN2O10. The molecule has 7 aromatic carbocycles. The molecule has 1 aliphatic rings. The molecule has 9 rings (SSSR count). The Hall–Kier alpha value is -7.23. The summed E-state index contributed by atoms with van der Waals surface area (Å²) in [5.74, 6) is -0.505. The Morgan fingerprint density at radius 1 is 0.443 bits per heavy atom. The molecule has 1 aliphatic heterocycles. The van der Waals surface area contributed by atoms with E-state index in [2.05, 4.69) is 14.9 Å². The number of hydrogen-bond acceptors (Lipinski definition) is 12. The Bertz CT molecular complexity index is 2620. The van der Waals surface area contributed by atoms with E-state index >= 15 is 0 Å². The van der Waals surface area contributed by atoms with Crippen LogP contribution in [0.15, 0.2) is 212 Å². The Balaban J connectivity index is 0.000000173. The fourth-order valence-electron chi connectivity index (χ4n) is 6.90. The van der Waals surface area contributed by atoms with Gasteiger partial charge in [0.2, 0.25) is 0 Å². The first-order chi connectivity index (χ1) is 33.7. The first-order valence-corrected chi connectivity index (χ1v) is 21.6. The number of hydroxylamine groups is 1. The van der Waals surface area contributed by atoms with Gasteiger partial charge in [-0.05, 0) is 12.1 Å². The van der Waals surface area contributed by atoms with E-state index in [1.807, 2.05) is 48.6 Å². The van der Waals surface area contributed by atoms with Gasteiger partial charge in [0.15, 0.2) is 40.4 Å². The molecule has 0 fully saturated rings. The van der Waals surface area contributed by atoms with Gasteiger partial charge in [-0.15, -0.1) is 4.99 Å². The number of aromatic nitrogens is 1. The van der Waals surface area contributed by atoms with Crippen molar-refractivity contribution in [1.82, 2.24) is 4.98 Å². The number of nitrogens with zero attached hydrogens (tertiary/aromatic N) is 2. The predicted octanol–water partition coefficient (Wildman–Crippen LogP) is 11.8. The Morgan fingerprint density at radius 2 is 0.757 bits per heavy atom. The van der Waals surface area contributed by atoms with Crippen LogP contribution < -0.4 is 9.95 Å². The SMILES string of the molecule is O=C(CC(=O)c1ccccc1)c1ccccc1.O=C(CC(=O)c1ccccc1)c1ccccc1.O=C(CC(=O)c1ccccc1)c1ccccc1.OOc1ccnc2c3c(ccc12)N(OO)CC=C3.[Eu]. The molecule has 0 bridgehead atoms. The second-order valence-corrected chi connectivity index (χ2v) is 15.1. The van der Waals surface area contributed by atoms with Crippen molar-refractivity contribution in [1.29, 1.82) is 0 Å². The van der Waals surface area contributed by atoms with Crippen LogP contribution in [0.1, 0.15) is 87.0 Å². The molecule has 0 saturated heterocycles. The minimum atomic E-state index is -0.139. The molecule has 8 aromatic rings. The maximum absolute atomic E-state index is 11.8. The topological polar surface area (TPSA) is 177 Å². The zero-order valence-corrected chi connectivity index (χ0v) is 40.0. The van der Waals surface area contributed by atoms with Gasteiger partial charge >= 0.3 is 0 Å². The number of benzene rings is 7. The predicted molar refractivity (Wildman–Crippen MR) is 264 cm³/mol. The number of pyridine rings is 1. The molecule has 0 amide bonds. The first kappa shape index (κ1) is 53.7. The fraction of sp³-hybridized carbons (Fsp3) is 0.0702. The third kappa shape index (κ3) is 15.7. The molecule has 70 heavy (non-hydrogen) atoms. The normalized spacial score (nSPS) is 10.7. The number of carbonyl (C=O) groups is 6. The maximum Gasteiger partial charge on any atom is 0.176 e. The molecule has 1 radical (unpaired) electrons. The summed E-state index contributed by atoms with van der Waals surface area (Å²) < 4.78 is 0. The van der Waals surface area contributed by atoms with Gasteiger partial charge in [-0.3, -0.25) is 33.8 Å². The van der Waals surface area contributed by atoms with Gasteiger partial charge in [-0.25, -0.2) is 15.6 Å². The van der Waals surface area contributed by atoms with Crippen LogP contribution in [0.4, 0.5) is 5.69 Å². The van der Waals surface area contributed by atoms with E-state index in [4.69, 9.17) is 10.5 Å². The van der Waals surface area contributed by atoms with E-state index in [9.17, 15) is 28.8 Å². The zero-order valence-electron chi connectivity index (χ0n) is 37.5. The summed E-state index contributed by atoms with van der Waals surface area (Å²) in [5.41, 5.74) is 5.65. The second kappa shape index (κ2) is 28.3. The first-order valence-electron chi connectivity index (χ1n) is 21.6. The molecule has 0 unspecified atom stereocenters. The van der Waals surface area contributed by atoms with E-state index in [-0.39, 0.29) is 103 Å². The summed E-state index contributed by atoms with van der Waals surface area (Å²) in [6, 6.07) is 58.3. The average molecular weight is 1070 g/mol. The summed E-state index contributed by atoms with van der Waals surface area (Å²) in [7, 11) is 0.